The van der Waals surface area contributed by atoms with Gasteiger partial charge in [-0.2, -0.15) is 0 Å². The second-order valence-electron chi connectivity index (χ2n) is 5.74. The second kappa shape index (κ2) is 5.64. The Morgan fingerprint density at radius 1 is 1.36 bits per heavy atom. The van der Waals surface area contributed by atoms with Crippen LogP contribution in [0, 0.1) is 0 Å². The van der Waals surface area contributed by atoms with Gasteiger partial charge in [0.05, 0.1) is 24.0 Å². The molecule has 118 valence electrons. The van der Waals surface area contributed by atoms with Crippen LogP contribution in [0.2, 0.25) is 0 Å². The van der Waals surface area contributed by atoms with Crippen molar-refractivity contribution in [1.29, 1.82) is 0 Å². The van der Waals surface area contributed by atoms with Crippen molar-refractivity contribution in [2.75, 3.05) is 29.0 Å². The van der Waals surface area contributed by atoms with Gasteiger partial charge in [0.25, 0.3) is 0 Å². The third-order valence-electron chi connectivity index (χ3n) is 3.78. The van der Waals surface area contributed by atoms with Gasteiger partial charge in [-0.15, -0.1) is 0 Å². The largest absolute Gasteiger partial charge is 0.371 e. The number of aryl methyl sites for hydroxylation is 1. The molecule has 0 atom stereocenters. The maximum absolute atomic E-state index is 11.4. The topological polar surface area (TPSA) is 67.2 Å². The SMILES string of the molecule is Cn1cnc(CCN2CCc3ccc(NS(C)(=O)=O)cc32)c1. The fourth-order valence-electron chi connectivity index (χ4n) is 2.80. The van der Waals surface area contributed by atoms with Crippen LogP contribution >= 0.6 is 0 Å². The molecule has 0 fully saturated rings. The van der Waals surface area contributed by atoms with Crippen molar-refractivity contribution < 1.29 is 8.42 Å². The molecule has 3 rings (SSSR count). The number of anilines is 2. The summed E-state index contributed by atoms with van der Waals surface area (Å²) in [5.41, 5.74) is 4.07. The molecular formula is C15H20N4O2S. The first-order valence-electron chi connectivity index (χ1n) is 7.23. The number of nitrogens with zero attached hydrogens (tertiary/aromatic N) is 3. The van der Waals surface area contributed by atoms with E-state index in [-0.39, 0.29) is 0 Å². The molecule has 0 radical (unpaired) electrons. The Morgan fingerprint density at radius 2 is 2.18 bits per heavy atom. The minimum absolute atomic E-state index is 0.617. The quantitative estimate of drug-likeness (QED) is 0.904. The van der Waals surface area contributed by atoms with Crippen molar-refractivity contribution >= 4 is 21.4 Å². The maximum Gasteiger partial charge on any atom is 0.229 e. The van der Waals surface area contributed by atoms with Crippen LogP contribution in [0.3, 0.4) is 0 Å². The van der Waals surface area contributed by atoms with Gasteiger partial charge in [-0.25, -0.2) is 13.4 Å². The zero-order valence-electron chi connectivity index (χ0n) is 12.8. The number of sulfonamides is 1. The number of rotatable bonds is 5. The molecule has 22 heavy (non-hydrogen) atoms. The van der Waals surface area contributed by atoms with Crippen molar-refractivity contribution in [3.05, 3.63) is 42.0 Å². The van der Waals surface area contributed by atoms with Crippen LogP contribution in [0.1, 0.15) is 11.3 Å². The van der Waals surface area contributed by atoms with Gasteiger partial charge in [0.2, 0.25) is 10.0 Å². The van der Waals surface area contributed by atoms with Crippen molar-refractivity contribution in [1.82, 2.24) is 9.55 Å². The Hall–Kier alpha value is -2.02. The molecule has 0 bridgehead atoms. The number of hydrogen-bond acceptors (Lipinski definition) is 4. The van der Waals surface area contributed by atoms with E-state index in [9.17, 15) is 8.42 Å². The summed E-state index contributed by atoms with van der Waals surface area (Å²) in [6.07, 6.45) is 6.87. The molecule has 1 aliphatic heterocycles. The smallest absolute Gasteiger partial charge is 0.229 e. The van der Waals surface area contributed by atoms with Crippen LogP contribution in [0.5, 0.6) is 0 Å². The monoisotopic (exact) mass is 320 g/mol. The standard InChI is InChI=1S/C15H20N4O2S/c1-18-10-14(16-11-18)6-8-19-7-5-12-3-4-13(9-15(12)19)17-22(2,20)21/h3-4,9-11,17H,5-8H2,1-2H3. The summed E-state index contributed by atoms with van der Waals surface area (Å²) in [4.78, 5) is 6.63. The van der Waals surface area contributed by atoms with E-state index < -0.39 is 10.0 Å². The van der Waals surface area contributed by atoms with Crippen molar-refractivity contribution in [2.45, 2.75) is 12.8 Å². The van der Waals surface area contributed by atoms with E-state index in [2.05, 4.69) is 14.6 Å². The molecule has 6 nitrogen and oxygen atoms in total. The molecule has 0 unspecified atom stereocenters. The third-order valence-corrected chi connectivity index (χ3v) is 4.38. The number of imidazole rings is 1. The first-order valence-corrected chi connectivity index (χ1v) is 9.12. The number of hydrogen-bond donors (Lipinski definition) is 1. The van der Waals surface area contributed by atoms with E-state index in [1.54, 1.807) is 6.33 Å². The number of aromatic nitrogens is 2. The van der Waals surface area contributed by atoms with Gasteiger partial charge < -0.3 is 9.47 Å². The van der Waals surface area contributed by atoms with Gasteiger partial charge in [0.15, 0.2) is 0 Å². The van der Waals surface area contributed by atoms with Crippen LogP contribution in [-0.2, 0) is 29.9 Å². The minimum Gasteiger partial charge on any atom is -0.371 e. The first kappa shape index (κ1) is 14.9. The van der Waals surface area contributed by atoms with Crippen LogP contribution in [0.15, 0.2) is 30.7 Å². The normalized spacial score (nSPS) is 14.2. The molecule has 0 spiro atoms. The highest BCUT2D eigenvalue weighted by Crippen LogP contribution is 2.31. The third kappa shape index (κ3) is 3.41. The molecule has 1 aromatic heterocycles. The van der Waals surface area contributed by atoms with Gasteiger partial charge in [-0.3, -0.25) is 4.72 Å². The Kier molecular flexibility index (Phi) is 3.82. The van der Waals surface area contributed by atoms with Gasteiger partial charge >= 0.3 is 0 Å². The molecule has 0 amide bonds. The average molecular weight is 320 g/mol. The average Bonchev–Trinajstić information content (AvgIpc) is 3.01. The molecule has 7 heteroatoms. The van der Waals surface area contributed by atoms with E-state index in [1.165, 1.54) is 11.8 Å². The van der Waals surface area contributed by atoms with E-state index >= 15 is 0 Å². The van der Waals surface area contributed by atoms with Crippen LogP contribution < -0.4 is 9.62 Å². The van der Waals surface area contributed by atoms with E-state index in [0.29, 0.717) is 5.69 Å². The Balaban J connectivity index is 1.73. The molecule has 1 N–H and O–H groups in total. The van der Waals surface area contributed by atoms with E-state index in [4.69, 9.17) is 0 Å². The van der Waals surface area contributed by atoms with Gasteiger partial charge in [-0.1, -0.05) is 6.07 Å². The summed E-state index contributed by atoms with van der Waals surface area (Å²) in [6, 6.07) is 5.74. The maximum atomic E-state index is 11.4. The predicted molar refractivity (Wildman–Crippen MR) is 87.7 cm³/mol. The summed E-state index contributed by atoms with van der Waals surface area (Å²) in [5, 5.41) is 0. The minimum atomic E-state index is -3.25. The van der Waals surface area contributed by atoms with E-state index in [1.807, 2.05) is 36.0 Å². The summed E-state index contributed by atoms with van der Waals surface area (Å²) < 4.78 is 27.2. The zero-order chi connectivity index (χ0) is 15.7. The summed E-state index contributed by atoms with van der Waals surface area (Å²) in [7, 11) is -1.28. The van der Waals surface area contributed by atoms with Gasteiger partial charge in [-0.05, 0) is 24.1 Å². The number of nitrogens with one attached hydrogen (secondary N) is 1. The zero-order valence-corrected chi connectivity index (χ0v) is 13.6. The lowest BCUT2D eigenvalue weighted by Crippen LogP contribution is -2.23. The Morgan fingerprint density at radius 3 is 2.86 bits per heavy atom. The van der Waals surface area contributed by atoms with Gasteiger partial charge in [0.1, 0.15) is 0 Å². The lowest BCUT2D eigenvalue weighted by atomic mass is 10.1. The molecule has 1 aromatic carbocycles. The summed E-state index contributed by atoms with van der Waals surface area (Å²) in [5.74, 6) is 0. The van der Waals surface area contributed by atoms with Crippen molar-refractivity contribution in [3.63, 3.8) is 0 Å². The lowest BCUT2D eigenvalue weighted by Gasteiger charge is -2.19. The summed E-state index contributed by atoms with van der Waals surface area (Å²) in [6.45, 7) is 1.84. The Labute approximate surface area is 130 Å². The predicted octanol–water partition coefficient (Wildman–Crippen LogP) is 1.40. The van der Waals surface area contributed by atoms with Crippen LogP contribution in [0.25, 0.3) is 0 Å². The lowest BCUT2D eigenvalue weighted by molar-refractivity contribution is 0.607. The molecule has 2 heterocycles. The molecular weight excluding hydrogens is 300 g/mol. The first-order chi connectivity index (χ1) is 10.4. The molecule has 0 saturated carbocycles. The number of fused-ring (bicyclic) bond motifs is 1. The van der Waals surface area contributed by atoms with Gasteiger partial charge in [0, 0.05) is 38.4 Å². The van der Waals surface area contributed by atoms with Crippen LogP contribution in [0.4, 0.5) is 11.4 Å². The Bertz CT molecular complexity index is 783. The van der Waals surface area contributed by atoms with E-state index in [0.717, 1.165) is 37.3 Å². The molecule has 0 aliphatic carbocycles. The number of benzene rings is 1. The van der Waals surface area contributed by atoms with Crippen LogP contribution in [-0.4, -0.2) is 37.3 Å². The molecule has 0 saturated heterocycles. The highest BCUT2D eigenvalue weighted by atomic mass is 32.2. The van der Waals surface area contributed by atoms with Crippen molar-refractivity contribution in [2.24, 2.45) is 7.05 Å². The second-order valence-corrected chi connectivity index (χ2v) is 7.48. The molecule has 2 aromatic rings. The fourth-order valence-corrected chi connectivity index (χ4v) is 3.36. The summed E-state index contributed by atoms with van der Waals surface area (Å²) >= 11 is 0. The highest BCUT2D eigenvalue weighted by molar-refractivity contribution is 7.92. The fraction of sp³-hybridized carbons (Fsp3) is 0.400. The van der Waals surface area contributed by atoms with Crippen molar-refractivity contribution in [3.8, 4) is 0 Å². The highest BCUT2D eigenvalue weighted by Gasteiger charge is 2.19. The molecule has 1 aliphatic rings.